The van der Waals surface area contributed by atoms with E-state index in [1.165, 1.54) is 10.9 Å². The number of hydrogen-bond donors (Lipinski definition) is 1. The third-order valence-corrected chi connectivity index (χ3v) is 3.57. The number of methoxy groups -OCH3 is 1. The average Bonchev–Trinajstić information content (AvgIpc) is 2.46. The summed E-state index contributed by atoms with van der Waals surface area (Å²) in [5.41, 5.74) is 3.34. The molecule has 100 valence electrons. The quantitative estimate of drug-likeness (QED) is 0.892. The molecule has 0 unspecified atom stereocenters. The number of piperazine rings is 1. The molecule has 0 aliphatic carbocycles. The number of fused-ring (bicyclic) bond motifs is 1. The third kappa shape index (κ3) is 2.36. The summed E-state index contributed by atoms with van der Waals surface area (Å²) in [5, 5.41) is 4.54. The first-order valence-corrected chi connectivity index (χ1v) is 6.69. The van der Waals surface area contributed by atoms with Crippen molar-refractivity contribution >= 4 is 16.6 Å². The van der Waals surface area contributed by atoms with Gasteiger partial charge in [0, 0.05) is 31.6 Å². The fourth-order valence-electron chi connectivity index (χ4n) is 2.55. The van der Waals surface area contributed by atoms with Crippen LogP contribution < -0.4 is 15.0 Å². The van der Waals surface area contributed by atoms with Gasteiger partial charge in [0.2, 0.25) is 5.88 Å². The third-order valence-electron chi connectivity index (χ3n) is 3.57. The zero-order valence-electron chi connectivity index (χ0n) is 11.4. The van der Waals surface area contributed by atoms with E-state index in [4.69, 9.17) is 4.74 Å². The van der Waals surface area contributed by atoms with Gasteiger partial charge in [0.05, 0.1) is 12.6 Å². The van der Waals surface area contributed by atoms with Crippen LogP contribution in [0.1, 0.15) is 5.56 Å². The molecule has 1 aromatic carbocycles. The van der Waals surface area contributed by atoms with Crippen molar-refractivity contribution in [2.45, 2.75) is 6.92 Å². The number of aromatic nitrogens is 1. The number of nitrogens with zero attached hydrogens (tertiary/aromatic N) is 2. The van der Waals surface area contributed by atoms with Gasteiger partial charge in [-0.25, -0.2) is 4.98 Å². The lowest BCUT2D eigenvalue weighted by Gasteiger charge is -2.30. The summed E-state index contributed by atoms with van der Waals surface area (Å²) < 4.78 is 5.46. The zero-order valence-corrected chi connectivity index (χ0v) is 11.4. The van der Waals surface area contributed by atoms with Crippen LogP contribution in [0.25, 0.3) is 10.9 Å². The molecule has 2 aromatic rings. The lowest BCUT2D eigenvalue weighted by atomic mass is 10.1. The molecule has 3 rings (SSSR count). The fourth-order valence-corrected chi connectivity index (χ4v) is 2.55. The van der Waals surface area contributed by atoms with Gasteiger partial charge in [-0.15, -0.1) is 0 Å². The molecule has 0 spiro atoms. The Bertz CT molecular complexity index is 591. The topological polar surface area (TPSA) is 37.4 Å². The Hall–Kier alpha value is -1.81. The van der Waals surface area contributed by atoms with Crippen molar-refractivity contribution in [1.82, 2.24) is 10.3 Å². The minimum Gasteiger partial charge on any atom is -0.480 e. The number of rotatable bonds is 2. The average molecular weight is 257 g/mol. The molecule has 0 amide bonds. The predicted molar refractivity (Wildman–Crippen MR) is 78.1 cm³/mol. The van der Waals surface area contributed by atoms with Crippen LogP contribution in [0.15, 0.2) is 24.3 Å². The highest BCUT2D eigenvalue weighted by atomic mass is 16.5. The van der Waals surface area contributed by atoms with Gasteiger partial charge in [-0.2, -0.15) is 0 Å². The molecule has 2 heterocycles. The number of anilines is 1. The summed E-state index contributed by atoms with van der Waals surface area (Å²) in [6, 6.07) is 8.50. The summed E-state index contributed by atoms with van der Waals surface area (Å²) in [7, 11) is 1.69. The molecule has 0 atom stereocenters. The van der Waals surface area contributed by atoms with Gasteiger partial charge in [0.1, 0.15) is 5.69 Å². The Kier molecular flexibility index (Phi) is 3.25. The summed E-state index contributed by atoms with van der Waals surface area (Å²) in [4.78, 5) is 6.96. The van der Waals surface area contributed by atoms with E-state index in [-0.39, 0.29) is 0 Å². The van der Waals surface area contributed by atoms with Crippen LogP contribution in [-0.4, -0.2) is 38.3 Å². The van der Waals surface area contributed by atoms with E-state index >= 15 is 0 Å². The molecule has 1 aliphatic rings. The largest absolute Gasteiger partial charge is 0.480 e. The Morgan fingerprint density at radius 3 is 2.74 bits per heavy atom. The SMILES string of the molecule is COc1nc2ccc(C)cc2cc1N1CCNCC1. The zero-order chi connectivity index (χ0) is 13.2. The summed E-state index contributed by atoms with van der Waals surface area (Å²) in [6.45, 7) is 6.11. The van der Waals surface area contributed by atoms with Gasteiger partial charge in [0.25, 0.3) is 0 Å². The second-order valence-electron chi connectivity index (χ2n) is 4.95. The Morgan fingerprint density at radius 2 is 2.00 bits per heavy atom. The Labute approximate surface area is 113 Å². The van der Waals surface area contributed by atoms with Gasteiger partial charge in [-0.05, 0) is 25.1 Å². The molecule has 0 radical (unpaired) electrons. The van der Waals surface area contributed by atoms with Crippen LogP contribution in [0.4, 0.5) is 5.69 Å². The number of nitrogens with one attached hydrogen (secondary N) is 1. The smallest absolute Gasteiger partial charge is 0.237 e. The normalized spacial score (nSPS) is 15.8. The van der Waals surface area contributed by atoms with Crippen molar-refractivity contribution in [1.29, 1.82) is 0 Å². The lowest BCUT2D eigenvalue weighted by Crippen LogP contribution is -2.43. The van der Waals surface area contributed by atoms with Crippen molar-refractivity contribution < 1.29 is 4.74 Å². The highest BCUT2D eigenvalue weighted by Crippen LogP contribution is 2.30. The molecule has 0 saturated carbocycles. The van der Waals surface area contributed by atoms with Crippen LogP contribution in [0.5, 0.6) is 5.88 Å². The number of ether oxygens (including phenoxy) is 1. The molecule has 1 N–H and O–H groups in total. The maximum absolute atomic E-state index is 5.46. The van der Waals surface area contributed by atoms with Gasteiger partial charge in [0.15, 0.2) is 0 Å². The van der Waals surface area contributed by atoms with Gasteiger partial charge in [-0.3, -0.25) is 0 Å². The van der Waals surface area contributed by atoms with E-state index in [1.54, 1.807) is 7.11 Å². The monoisotopic (exact) mass is 257 g/mol. The molecule has 4 nitrogen and oxygen atoms in total. The first-order chi connectivity index (χ1) is 9.28. The van der Waals surface area contributed by atoms with E-state index in [9.17, 15) is 0 Å². The molecule has 0 bridgehead atoms. The van der Waals surface area contributed by atoms with Crippen LogP contribution in [0, 0.1) is 6.92 Å². The first kappa shape index (κ1) is 12.2. The van der Waals surface area contributed by atoms with E-state index in [0.29, 0.717) is 0 Å². The minimum absolute atomic E-state index is 0.721. The van der Waals surface area contributed by atoms with Crippen LogP contribution in [-0.2, 0) is 0 Å². The maximum Gasteiger partial charge on any atom is 0.237 e. The molecule has 1 saturated heterocycles. The van der Waals surface area contributed by atoms with Crippen molar-refractivity contribution in [3.63, 3.8) is 0 Å². The molecule has 1 aromatic heterocycles. The first-order valence-electron chi connectivity index (χ1n) is 6.69. The molecule has 1 aliphatic heterocycles. The second kappa shape index (κ2) is 5.05. The summed E-state index contributed by atoms with van der Waals surface area (Å²) in [5.74, 6) is 0.721. The highest BCUT2D eigenvalue weighted by Gasteiger charge is 2.16. The molecule has 1 fully saturated rings. The van der Waals surface area contributed by atoms with E-state index < -0.39 is 0 Å². The summed E-state index contributed by atoms with van der Waals surface area (Å²) >= 11 is 0. The predicted octanol–water partition coefficient (Wildman–Crippen LogP) is 1.96. The highest BCUT2D eigenvalue weighted by molar-refractivity contribution is 5.84. The lowest BCUT2D eigenvalue weighted by molar-refractivity contribution is 0.398. The van der Waals surface area contributed by atoms with Gasteiger partial charge >= 0.3 is 0 Å². The van der Waals surface area contributed by atoms with E-state index in [2.05, 4.69) is 46.4 Å². The number of hydrogen-bond acceptors (Lipinski definition) is 4. The van der Waals surface area contributed by atoms with E-state index in [1.807, 2.05) is 0 Å². The number of benzene rings is 1. The van der Waals surface area contributed by atoms with Crippen LogP contribution >= 0.6 is 0 Å². The van der Waals surface area contributed by atoms with Crippen molar-refractivity contribution in [3.05, 3.63) is 29.8 Å². The fraction of sp³-hybridized carbons (Fsp3) is 0.400. The Balaban J connectivity index is 2.10. The maximum atomic E-state index is 5.46. The molecular formula is C15H19N3O. The minimum atomic E-state index is 0.721. The van der Waals surface area contributed by atoms with Gasteiger partial charge in [-0.1, -0.05) is 11.6 Å². The van der Waals surface area contributed by atoms with Crippen LogP contribution in [0.3, 0.4) is 0 Å². The van der Waals surface area contributed by atoms with Crippen molar-refractivity contribution in [3.8, 4) is 5.88 Å². The van der Waals surface area contributed by atoms with Gasteiger partial charge < -0.3 is 15.0 Å². The summed E-state index contributed by atoms with van der Waals surface area (Å²) in [6.07, 6.45) is 0. The molecular weight excluding hydrogens is 238 g/mol. The molecule has 19 heavy (non-hydrogen) atoms. The standard InChI is InChI=1S/C15H19N3O/c1-11-3-4-13-12(9-11)10-14(15(17-13)19-2)18-7-5-16-6-8-18/h3-4,9-10,16H,5-8H2,1-2H3. The number of aryl methyl sites for hydroxylation is 1. The van der Waals surface area contributed by atoms with E-state index in [0.717, 1.165) is 43.3 Å². The van der Waals surface area contributed by atoms with Crippen LogP contribution in [0.2, 0.25) is 0 Å². The van der Waals surface area contributed by atoms with Crippen molar-refractivity contribution in [2.24, 2.45) is 0 Å². The van der Waals surface area contributed by atoms with Crippen molar-refractivity contribution in [2.75, 3.05) is 38.2 Å². The molecule has 4 heteroatoms. The Morgan fingerprint density at radius 1 is 1.21 bits per heavy atom. The second-order valence-corrected chi connectivity index (χ2v) is 4.95. The number of pyridine rings is 1.